The first-order valence-corrected chi connectivity index (χ1v) is 8.72. The molecule has 3 aliphatic rings. The Morgan fingerprint density at radius 3 is 2.83 bits per heavy atom. The van der Waals surface area contributed by atoms with Crippen molar-refractivity contribution in [3.63, 3.8) is 0 Å². The maximum absolute atomic E-state index is 11.6. The Morgan fingerprint density at radius 1 is 1.43 bits per heavy atom. The number of nitro groups is 1. The van der Waals surface area contributed by atoms with E-state index in [1.165, 1.54) is 19.4 Å². The van der Waals surface area contributed by atoms with Gasteiger partial charge in [-0.3, -0.25) is 15.0 Å². The van der Waals surface area contributed by atoms with Crippen LogP contribution in [0.4, 0.5) is 11.4 Å². The van der Waals surface area contributed by atoms with Crippen molar-refractivity contribution in [3.8, 4) is 0 Å². The Kier molecular flexibility index (Phi) is 3.21. The molecule has 4 rings (SSSR count). The zero-order valence-corrected chi connectivity index (χ0v) is 13.9. The lowest BCUT2D eigenvalue weighted by molar-refractivity contribution is -0.385. The second kappa shape index (κ2) is 4.94. The lowest BCUT2D eigenvalue weighted by Crippen LogP contribution is -2.58. The van der Waals surface area contributed by atoms with Crippen LogP contribution in [-0.2, 0) is 11.8 Å². The van der Waals surface area contributed by atoms with Gasteiger partial charge in [0.15, 0.2) is 0 Å². The van der Waals surface area contributed by atoms with Crippen molar-refractivity contribution in [3.05, 3.63) is 33.4 Å². The van der Waals surface area contributed by atoms with E-state index in [9.17, 15) is 10.1 Å². The minimum absolute atomic E-state index is 0.143. The van der Waals surface area contributed by atoms with Gasteiger partial charge in [-0.05, 0) is 55.7 Å². The van der Waals surface area contributed by atoms with Crippen LogP contribution in [0.2, 0.25) is 0 Å². The number of piperidine rings is 1. The van der Waals surface area contributed by atoms with Gasteiger partial charge >= 0.3 is 0 Å². The molecule has 2 aliphatic carbocycles. The second-order valence-electron chi connectivity index (χ2n) is 7.96. The van der Waals surface area contributed by atoms with Crippen LogP contribution in [0.1, 0.15) is 44.2 Å². The summed E-state index contributed by atoms with van der Waals surface area (Å²) in [5.74, 6) is 1.30. The Morgan fingerprint density at radius 2 is 2.17 bits per heavy atom. The van der Waals surface area contributed by atoms with Crippen molar-refractivity contribution in [1.82, 2.24) is 4.90 Å². The highest BCUT2D eigenvalue weighted by Crippen LogP contribution is 2.53. The highest BCUT2D eigenvalue weighted by molar-refractivity contribution is 5.68. The zero-order chi connectivity index (χ0) is 16.4. The van der Waals surface area contributed by atoms with Crippen LogP contribution in [0.3, 0.4) is 0 Å². The van der Waals surface area contributed by atoms with Crippen molar-refractivity contribution in [2.45, 2.75) is 51.0 Å². The van der Waals surface area contributed by atoms with Crippen molar-refractivity contribution in [2.24, 2.45) is 11.8 Å². The van der Waals surface area contributed by atoms with Gasteiger partial charge in [0.25, 0.3) is 5.69 Å². The number of likely N-dealkylation sites (tertiary alicyclic amines) is 1. The van der Waals surface area contributed by atoms with Crippen LogP contribution in [-0.4, -0.2) is 29.0 Å². The Balaban J connectivity index is 1.80. The molecule has 2 bridgehead atoms. The van der Waals surface area contributed by atoms with Gasteiger partial charge in [0.05, 0.1) is 4.92 Å². The van der Waals surface area contributed by atoms with Crippen LogP contribution in [0.5, 0.6) is 0 Å². The smallest absolute Gasteiger partial charge is 0.296 e. The van der Waals surface area contributed by atoms with Crippen LogP contribution < -0.4 is 5.73 Å². The molecule has 1 saturated heterocycles. The van der Waals surface area contributed by atoms with Gasteiger partial charge in [0.1, 0.15) is 5.69 Å². The summed E-state index contributed by atoms with van der Waals surface area (Å²) < 4.78 is 0. The normalized spacial score (nSPS) is 33.3. The summed E-state index contributed by atoms with van der Waals surface area (Å²) in [6.07, 6.45) is 4.63. The molecule has 3 atom stereocenters. The Labute approximate surface area is 137 Å². The first-order chi connectivity index (χ1) is 10.9. The third kappa shape index (κ3) is 2.17. The van der Waals surface area contributed by atoms with E-state index in [2.05, 4.69) is 18.7 Å². The van der Waals surface area contributed by atoms with Crippen LogP contribution >= 0.6 is 0 Å². The molecule has 23 heavy (non-hydrogen) atoms. The van der Waals surface area contributed by atoms with E-state index in [0.717, 1.165) is 36.4 Å². The summed E-state index contributed by atoms with van der Waals surface area (Å²) in [4.78, 5) is 14.0. The van der Waals surface area contributed by atoms with E-state index in [0.29, 0.717) is 17.6 Å². The number of nitrogens with zero attached hydrogens (tertiary/aromatic N) is 2. The first kappa shape index (κ1) is 14.9. The fourth-order valence-corrected chi connectivity index (χ4v) is 4.91. The largest absolute Gasteiger partial charge is 0.393 e. The van der Waals surface area contributed by atoms with Gasteiger partial charge in [-0.25, -0.2) is 0 Å². The molecule has 1 aromatic carbocycles. The predicted molar refractivity (Wildman–Crippen MR) is 90.4 cm³/mol. The average molecular weight is 315 g/mol. The van der Waals surface area contributed by atoms with Crippen LogP contribution in [0.15, 0.2) is 12.1 Å². The highest BCUT2D eigenvalue weighted by Gasteiger charge is 2.52. The van der Waals surface area contributed by atoms with Gasteiger partial charge in [-0.1, -0.05) is 19.9 Å². The standard InChI is InChI=1S/C18H25N3O2/c1-11-15-9-13-5-6-14(19)17(21(22)23)16(13)18(11,2)7-8-20(15)10-12-3-4-12/h5-6,11-12,15H,3-4,7-10,19H2,1-2H3. The molecule has 2 fully saturated rings. The summed E-state index contributed by atoms with van der Waals surface area (Å²) in [6.45, 7) is 6.74. The summed E-state index contributed by atoms with van der Waals surface area (Å²) in [5.41, 5.74) is 8.34. The molecule has 0 aromatic heterocycles. The van der Waals surface area contributed by atoms with E-state index >= 15 is 0 Å². The Hall–Kier alpha value is -1.62. The van der Waals surface area contributed by atoms with Gasteiger partial charge in [-0.2, -0.15) is 0 Å². The van der Waals surface area contributed by atoms with Crippen molar-refractivity contribution >= 4 is 11.4 Å². The van der Waals surface area contributed by atoms with Crippen molar-refractivity contribution < 1.29 is 4.92 Å². The lowest BCUT2D eigenvalue weighted by Gasteiger charge is -2.54. The number of nitrogen functional groups attached to an aromatic ring is 1. The molecule has 1 aliphatic heterocycles. The number of rotatable bonds is 3. The van der Waals surface area contributed by atoms with Gasteiger partial charge in [-0.15, -0.1) is 0 Å². The fourth-order valence-electron chi connectivity index (χ4n) is 4.91. The first-order valence-electron chi connectivity index (χ1n) is 8.72. The molecule has 3 unspecified atom stereocenters. The SMILES string of the molecule is CC1C2Cc3ccc(N)c([N+](=O)[O-])c3C1(C)CCN2CC1CC1. The van der Waals surface area contributed by atoms with E-state index in [4.69, 9.17) is 5.73 Å². The van der Waals surface area contributed by atoms with E-state index in [1.807, 2.05) is 6.07 Å². The molecule has 1 saturated carbocycles. The van der Waals surface area contributed by atoms with Gasteiger partial charge < -0.3 is 5.73 Å². The third-order valence-electron chi connectivity index (χ3n) is 6.64. The van der Waals surface area contributed by atoms with Crippen molar-refractivity contribution in [2.75, 3.05) is 18.8 Å². The number of nitrogens with two attached hydrogens (primary N) is 1. The predicted octanol–water partition coefficient (Wildman–Crippen LogP) is 3.11. The molecule has 5 nitrogen and oxygen atoms in total. The highest BCUT2D eigenvalue weighted by atomic mass is 16.6. The summed E-state index contributed by atoms with van der Waals surface area (Å²) in [6, 6.07) is 4.25. The molecular formula is C18H25N3O2. The number of benzene rings is 1. The molecular weight excluding hydrogens is 290 g/mol. The molecule has 0 amide bonds. The maximum atomic E-state index is 11.6. The molecule has 1 heterocycles. The summed E-state index contributed by atoms with van der Waals surface area (Å²) >= 11 is 0. The minimum Gasteiger partial charge on any atom is -0.393 e. The molecule has 0 radical (unpaired) electrons. The van der Waals surface area contributed by atoms with Crippen LogP contribution in [0, 0.1) is 22.0 Å². The molecule has 2 N–H and O–H groups in total. The van der Waals surface area contributed by atoms with Gasteiger partial charge in [0.2, 0.25) is 0 Å². The zero-order valence-electron chi connectivity index (χ0n) is 13.9. The quantitative estimate of drug-likeness (QED) is 0.528. The minimum atomic E-state index is -0.275. The molecule has 124 valence electrons. The number of fused-ring (bicyclic) bond motifs is 4. The second-order valence-corrected chi connectivity index (χ2v) is 7.96. The van der Waals surface area contributed by atoms with Gasteiger partial charge in [0, 0.05) is 23.6 Å². The van der Waals surface area contributed by atoms with E-state index in [-0.39, 0.29) is 16.0 Å². The van der Waals surface area contributed by atoms with Crippen LogP contribution in [0.25, 0.3) is 0 Å². The number of hydrogen-bond acceptors (Lipinski definition) is 4. The number of hydrogen-bond donors (Lipinski definition) is 1. The lowest BCUT2D eigenvalue weighted by atomic mass is 9.58. The fraction of sp³-hybridized carbons (Fsp3) is 0.667. The Bertz CT molecular complexity index is 670. The number of anilines is 1. The third-order valence-corrected chi connectivity index (χ3v) is 6.64. The number of nitro benzene ring substituents is 1. The maximum Gasteiger partial charge on any atom is 0.296 e. The average Bonchev–Trinajstić information content (AvgIpc) is 3.30. The topological polar surface area (TPSA) is 72.4 Å². The summed E-state index contributed by atoms with van der Waals surface area (Å²) in [5, 5.41) is 11.6. The van der Waals surface area contributed by atoms with E-state index < -0.39 is 0 Å². The summed E-state index contributed by atoms with van der Waals surface area (Å²) in [7, 11) is 0. The molecule has 5 heteroatoms. The van der Waals surface area contributed by atoms with E-state index in [1.54, 1.807) is 6.07 Å². The monoisotopic (exact) mass is 315 g/mol. The molecule has 1 aromatic rings. The van der Waals surface area contributed by atoms with Crippen molar-refractivity contribution in [1.29, 1.82) is 0 Å². The molecule has 0 spiro atoms.